The lowest BCUT2D eigenvalue weighted by molar-refractivity contribution is -0.119. The molecule has 38 heavy (non-hydrogen) atoms. The molecule has 4 aromatic rings. The Balaban J connectivity index is 1.17. The first-order valence-electron chi connectivity index (χ1n) is 11.9. The van der Waals surface area contributed by atoms with Gasteiger partial charge in [0.1, 0.15) is 28.9 Å². The van der Waals surface area contributed by atoms with E-state index < -0.39 is 0 Å². The first-order chi connectivity index (χ1) is 18.4. The zero-order chi connectivity index (χ0) is 26.2. The predicted molar refractivity (Wildman–Crippen MR) is 138 cm³/mol. The number of carbonyl (C=O) groups excluding carboxylic acids is 3. The lowest BCUT2D eigenvalue weighted by Gasteiger charge is -2.18. The maximum absolute atomic E-state index is 13.1. The third kappa shape index (κ3) is 4.43. The first kappa shape index (κ1) is 23.3. The molecule has 192 valence electrons. The largest absolute Gasteiger partial charge is 0.482 e. The van der Waals surface area contributed by atoms with E-state index >= 15 is 0 Å². The van der Waals surface area contributed by atoms with Gasteiger partial charge in [-0.25, -0.2) is 9.97 Å². The molecule has 2 aliphatic rings. The Morgan fingerprint density at radius 3 is 2.24 bits per heavy atom. The topological polar surface area (TPSA) is 148 Å². The van der Waals surface area contributed by atoms with Crippen molar-refractivity contribution in [1.82, 2.24) is 19.9 Å². The molecular weight excluding hydrogens is 490 g/mol. The third-order valence-electron chi connectivity index (χ3n) is 6.26. The molecule has 4 N–H and O–H groups in total. The van der Waals surface area contributed by atoms with Gasteiger partial charge in [-0.15, -0.1) is 0 Å². The number of aromatic nitrogens is 3. The number of hydrogen-bond donors (Lipinski definition) is 4. The highest BCUT2D eigenvalue weighted by atomic mass is 16.5. The van der Waals surface area contributed by atoms with Crippen molar-refractivity contribution in [3.63, 3.8) is 0 Å². The van der Waals surface area contributed by atoms with Crippen LogP contribution in [0.4, 0.5) is 17.1 Å². The summed E-state index contributed by atoms with van der Waals surface area (Å²) in [5, 5.41) is 11.8. The SMILES string of the molecule is Cn1cc(NCc2ccc3c(c2)NC(=O)CO3)c2ncnc(C(=O)NCc3ccc4c(c3)NC(=O)CO4)c21. The van der Waals surface area contributed by atoms with E-state index in [1.54, 1.807) is 16.7 Å². The molecule has 0 fully saturated rings. The summed E-state index contributed by atoms with van der Waals surface area (Å²) < 4.78 is 12.6. The van der Waals surface area contributed by atoms with Gasteiger partial charge in [-0.1, -0.05) is 12.1 Å². The number of rotatable bonds is 6. The van der Waals surface area contributed by atoms with Crippen LogP contribution in [0.3, 0.4) is 0 Å². The van der Waals surface area contributed by atoms with Gasteiger partial charge in [-0.3, -0.25) is 14.4 Å². The number of amides is 3. The van der Waals surface area contributed by atoms with Gasteiger partial charge in [0.15, 0.2) is 18.9 Å². The highest BCUT2D eigenvalue weighted by Gasteiger charge is 2.20. The summed E-state index contributed by atoms with van der Waals surface area (Å²) in [6.07, 6.45) is 3.21. The van der Waals surface area contributed by atoms with Crippen LogP contribution in [0.5, 0.6) is 11.5 Å². The van der Waals surface area contributed by atoms with E-state index in [4.69, 9.17) is 9.47 Å². The van der Waals surface area contributed by atoms with Crippen molar-refractivity contribution in [1.29, 1.82) is 0 Å². The summed E-state index contributed by atoms with van der Waals surface area (Å²) in [5.74, 6) is 0.465. The van der Waals surface area contributed by atoms with Crippen LogP contribution >= 0.6 is 0 Å². The van der Waals surface area contributed by atoms with E-state index in [0.29, 0.717) is 40.5 Å². The number of nitrogens with one attached hydrogen (secondary N) is 4. The van der Waals surface area contributed by atoms with Crippen LogP contribution < -0.4 is 30.7 Å². The molecule has 0 aliphatic carbocycles. The zero-order valence-corrected chi connectivity index (χ0v) is 20.3. The van der Waals surface area contributed by atoms with Gasteiger partial charge in [0, 0.05) is 26.3 Å². The first-order valence-corrected chi connectivity index (χ1v) is 11.9. The van der Waals surface area contributed by atoms with Crippen molar-refractivity contribution >= 4 is 45.8 Å². The van der Waals surface area contributed by atoms with E-state index in [1.165, 1.54) is 6.33 Å². The monoisotopic (exact) mass is 513 g/mol. The number of hydrogen-bond acceptors (Lipinski definition) is 8. The second kappa shape index (κ2) is 9.39. The molecule has 0 saturated heterocycles. The van der Waals surface area contributed by atoms with Crippen molar-refractivity contribution in [2.45, 2.75) is 13.1 Å². The van der Waals surface area contributed by atoms with E-state index in [-0.39, 0.29) is 43.2 Å². The van der Waals surface area contributed by atoms with Crippen LogP contribution in [-0.2, 0) is 29.7 Å². The van der Waals surface area contributed by atoms with Gasteiger partial charge in [0.05, 0.1) is 17.1 Å². The van der Waals surface area contributed by atoms with Crippen LogP contribution in [0.2, 0.25) is 0 Å². The number of anilines is 3. The predicted octanol–water partition coefficient (Wildman–Crippen LogP) is 2.17. The van der Waals surface area contributed by atoms with E-state index in [0.717, 1.165) is 16.8 Å². The van der Waals surface area contributed by atoms with Crippen LogP contribution in [0.1, 0.15) is 21.6 Å². The smallest absolute Gasteiger partial charge is 0.272 e. The molecule has 3 amide bonds. The minimum Gasteiger partial charge on any atom is -0.482 e. The molecule has 4 heterocycles. The zero-order valence-electron chi connectivity index (χ0n) is 20.3. The fraction of sp³-hybridized carbons (Fsp3) is 0.192. The quantitative estimate of drug-likeness (QED) is 0.307. The normalized spacial score (nSPS) is 13.9. The summed E-state index contributed by atoms with van der Waals surface area (Å²) in [5.41, 5.74) is 5.12. The second-order valence-electron chi connectivity index (χ2n) is 8.94. The molecule has 12 heteroatoms. The molecule has 0 saturated carbocycles. The number of carbonyl (C=O) groups is 3. The summed E-state index contributed by atoms with van der Waals surface area (Å²) >= 11 is 0. The summed E-state index contributed by atoms with van der Waals surface area (Å²) in [7, 11) is 1.82. The maximum atomic E-state index is 13.1. The average Bonchev–Trinajstić information content (AvgIpc) is 3.25. The van der Waals surface area contributed by atoms with E-state index in [2.05, 4.69) is 31.2 Å². The van der Waals surface area contributed by atoms with Gasteiger partial charge in [-0.2, -0.15) is 0 Å². The fourth-order valence-corrected chi connectivity index (χ4v) is 4.47. The van der Waals surface area contributed by atoms with Crippen LogP contribution in [0.25, 0.3) is 11.0 Å². The molecule has 0 bridgehead atoms. The maximum Gasteiger partial charge on any atom is 0.272 e. The lowest BCUT2D eigenvalue weighted by Crippen LogP contribution is -2.26. The van der Waals surface area contributed by atoms with Crippen LogP contribution in [0, 0.1) is 0 Å². The minimum absolute atomic E-state index is 0.0106. The van der Waals surface area contributed by atoms with Crippen molar-refractivity contribution < 1.29 is 23.9 Å². The molecule has 2 aliphatic heterocycles. The molecular formula is C26H23N7O5. The highest BCUT2D eigenvalue weighted by Crippen LogP contribution is 2.31. The number of nitrogens with zero attached hydrogens (tertiary/aromatic N) is 3. The molecule has 0 spiro atoms. The summed E-state index contributed by atoms with van der Waals surface area (Å²) in [6, 6.07) is 11.0. The molecule has 2 aromatic carbocycles. The summed E-state index contributed by atoms with van der Waals surface area (Å²) in [4.78, 5) is 45.0. The number of aryl methyl sites for hydroxylation is 1. The van der Waals surface area contributed by atoms with E-state index in [1.807, 2.05) is 37.5 Å². The van der Waals surface area contributed by atoms with E-state index in [9.17, 15) is 14.4 Å². The Morgan fingerprint density at radius 1 is 0.947 bits per heavy atom. The van der Waals surface area contributed by atoms with Gasteiger partial charge < -0.3 is 35.3 Å². The second-order valence-corrected chi connectivity index (χ2v) is 8.94. The number of benzene rings is 2. The Kier molecular flexibility index (Phi) is 5.75. The standard InChI is InChI=1S/C26H23N7O5/c1-33-10-18(27-8-14-2-4-19-16(6-14)31-21(34)11-37-19)23-25(33)24(30-13-29-23)26(36)28-9-15-3-5-20-17(7-15)32-22(35)12-38-20/h2-7,10,13,27H,8-9,11-12H2,1H3,(H,28,36)(H,31,34)(H,32,35). The van der Waals surface area contributed by atoms with Crippen LogP contribution in [-0.4, -0.2) is 45.5 Å². The van der Waals surface area contributed by atoms with Crippen molar-refractivity contribution in [2.24, 2.45) is 7.05 Å². The molecule has 12 nitrogen and oxygen atoms in total. The third-order valence-corrected chi connectivity index (χ3v) is 6.26. The van der Waals surface area contributed by atoms with Gasteiger partial charge in [-0.05, 0) is 35.4 Å². The Hall–Kier alpha value is -5.13. The van der Waals surface area contributed by atoms with Crippen molar-refractivity contribution in [2.75, 3.05) is 29.2 Å². The molecule has 6 rings (SSSR count). The highest BCUT2D eigenvalue weighted by molar-refractivity contribution is 6.06. The lowest BCUT2D eigenvalue weighted by atomic mass is 10.1. The number of ether oxygens (including phenoxy) is 2. The average molecular weight is 514 g/mol. The molecule has 0 unspecified atom stereocenters. The fourth-order valence-electron chi connectivity index (χ4n) is 4.47. The Bertz CT molecular complexity index is 1610. The van der Waals surface area contributed by atoms with Crippen molar-refractivity contribution in [3.05, 3.63) is 65.7 Å². The summed E-state index contributed by atoms with van der Waals surface area (Å²) in [6.45, 7) is 0.700. The van der Waals surface area contributed by atoms with Crippen molar-refractivity contribution in [3.8, 4) is 11.5 Å². The van der Waals surface area contributed by atoms with Gasteiger partial charge in [0.25, 0.3) is 17.7 Å². The minimum atomic E-state index is -0.353. The number of fused-ring (bicyclic) bond motifs is 3. The van der Waals surface area contributed by atoms with Gasteiger partial charge >= 0.3 is 0 Å². The van der Waals surface area contributed by atoms with Crippen LogP contribution in [0.15, 0.2) is 48.9 Å². The molecule has 0 radical (unpaired) electrons. The Morgan fingerprint density at radius 2 is 1.58 bits per heavy atom. The molecule has 0 atom stereocenters. The Labute approximate surface area is 216 Å². The van der Waals surface area contributed by atoms with Gasteiger partial charge in [0.2, 0.25) is 0 Å². The molecule has 2 aromatic heterocycles.